The number of rotatable bonds is 7. The van der Waals surface area contributed by atoms with Gasteiger partial charge in [0.1, 0.15) is 0 Å². The van der Waals surface area contributed by atoms with Crippen LogP contribution in [0.1, 0.15) is 20.8 Å². The first-order valence-corrected chi connectivity index (χ1v) is 6.11. The van der Waals surface area contributed by atoms with Gasteiger partial charge in [0, 0.05) is 32.3 Å². The maximum atomic E-state index is 5.17. The lowest BCUT2D eigenvalue weighted by Gasteiger charge is -2.22. The van der Waals surface area contributed by atoms with Gasteiger partial charge in [-0.15, -0.1) is 0 Å². The molecule has 0 fully saturated rings. The lowest BCUT2D eigenvalue weighted by Crippen LogP contribution is -2.45. The van der Waals surface area contributed by atoms with E-state index in [2.05, 4.69) is 36.4 Å². The molecule has 96 valence electrons. The Kier molecular flexibility index (Phi) is 8.51. The number of nitrogens with zero attached hydrogens (tertiary/aromatic N) is 1. The normalized spacial score (nSPS) is 12.9. The summed E-state index contributed by atoms with van der Waals surface area (Å²) in [5.74, 6) is 0. The van der Waals surface area contributed by atoms with Crippen molar-refractivity contribution in [3.63, 3.8) is 0 Å². The van der Waals surface area contributed by atoms with E-state index in [0.29, 0.717) is 17.8 Å². The highest BCUT2D eigenvalue weighted by atomic mass is 32.1. The average molecular weight is 247 g/mol. The summed E-state index contributed by atoms with van der Waals surface area (Å²) < 4.78 is 5.02. The standard InChI is InChI=1S/C11H25N3OS/c1-9(2)14(4)7-6-12-11(16)13-10(3)8-15-5/h9-10H,6-8H2,1-5H3,(H2,12,13,16). The van der Waals surface area contributed by atoms with Crippen LogP contribution in [0.4, 0.5) is 0 Å². The molecule has 0 aromatic rings. The van der Waals surface area contributed by atoms with Crippen molar-refractivity contribution >= 4 is 17.3 Å². The van der Waals surface area contributed by atoms with E-state index < -0.39 is 0 Å². The largest absolute Gasteiger partial charge is 0.383 e. The van der Waals surface area contributed by atoms with E-state index in [-0.39, 0.29) is 6.04 Å². The van der Waals surface area contributed by atoms with Crippen LogP contribution in [0.2, 0.25) is 0 Å². The van der Waals surface area contributed by atoms with Crippen molar-refractivity contribution in [1.29, 1.82) is 0 Å². The fraction of sp³-hybridized carbons (Fsp3) is 0.909. The van der Waals surface area contributed by atoms with E-state index in [4.69, 9.17) is 17.0 Å². The minimum Gasteiger partial charge on any atom is -0.383 e. The highest BCUT2D eigenvalue weighted by molar-refractivity contribution is 7.80. The van der Waals surface area contributed by atoms with Gasteiger partial charge in [-0.3, -0.25) is 0 Å². The van der Waals surface area contributed by atoms with Gasteiger partial charge in [0.2, 0.25) is 0 Å². The van der Waals surface area contributed by atoms with E-state index in [1.54, 1.807) is 7.11 Å². The summed E-state index contributed by atoms with van der Waals surface area (Å²) in [6.07, 6.45) is 0. The number of thiocarbonyl (C=S) groups is 1. The average Bonchev–Trinajstić information content (AvgIpc) is 2.17. The molecule has 0 aromatic heterocycles. The summed E-state index contributed by atoms with van der Waals surface area (Å²) >= 11 is 5.17. The molecule has 0 amide bonds. The van der Waals surface area contributed by atoms with Gasteiger partial charge in [0.05, 0.1) is 6.61 Å². The van der Waals surface area contributed by atoms with Gasteiger partial charge in [-0.05, 0) is 40.0 Å². The monoisotopic (exact) mass is 247 g/mol. The number of nitrogens with one attached hydrogen (secondary N) is 2. The van der Waals surface area contributed by atoms with Crippen molar-refractivity contribution in [2.24, 2.45) is 0 Å². The van der Waals surface area contributed by atoms with Gasteiger partial charge in [0.15, 0.2) is 5.11 Å². The number of hydrogen-bond acceptors (Lipinski definition) is 3. The van der Waals surface area contributed by atoms with Crippen molar-refractivity contribution < 1.29 is 4.74 Å². The lowest BCUT2D eigenvalue weighted by atomic mass is 10.3. The SMILES string of the molecule is COCC(C)NC(=S)NCCN(C)C(C)C. The van der Waals surface area contributed by atoms with E-state index in [1.807, 2.05) is 6.92 Å². The van der Waals surface area contributed by atoms with E-state index >= 15 is 0 Å². The Labute approximate surface area is 105 Å². The predicted octanol–water partition coefficient (Wildman–Crippen LogP) is 0.826. The topological polar surface area (TPSA) is 36.5 Å². The third-order valence-electron chi connectivity index (χ3n) is 2.43. The highest BCUT2D eigenvalue weighted by Crippen LogP contribution is 1.90. The molecule has 0 aromatic carbocycles. The summed E-state index contributed by atoms with van der Waals surface area (Å²) in [6.45, 7) is 8.90. The number of likely N-dealkylation sites (N-methyl/N-ethyl adjacent to an activating group) is 1. The predicted molar refractivity (Wildman–Crippen MR) is 72.8 cm³/mol. The lowest BCUT2D eigenvalue weighted by molar-refractivity contribution is 0.179. The molecule has 1 atom stereocenters. The van der Waals surface area contributed by atoms with Crippen molar-refractivity contribution in [1.82, 2.24) is 15.5 Å². The second kappa shape index (κ2) is 8.73. The minimum absolute atomic E-state index is 0.243. The molecule has 0 heterocycles. The van der Waals surface area contributed by atoms with Crippen LogP contribution in [0.5, 0.6) is 0 Å². The summed E-state index contributed by atoms with van der Waals surface area (Å²) in [5, 5.41) is 7.04. The Morgan fingerprint density at radius 2 is 2.00 bits per heavy atom. The van der Waals surface area contributed by atoms with Gasteiger partial charge in [-0.1, -0.05) is 0 Å². The first-order valence-electron chi connectivity index (χ1n) is 5.71. The maximum absolute atomic E-state index is 5.17. The van der Waals surface area contributed by atoms with Crippen LogP contribution in [0.3, 0.4) is 0 Å². The van der Waals surface area contributed by atoms with Crippen LogP contribution >= 0.6 is 12.2 Å². The van der Waals surface area contributed by atoms with Gasteiger partial charge >= 0.3 is 0 Å². The summed E-state index contributed by atoms with van der Waals surface area (Å²) in [6, 6.07) is 0.809. The zero-order chi connectivity index (χ0) is 12.6. The fourth-order valence-electron chi connectivity index (χ4n) is 1.17. The molecule has 0 saturated heterocycles. The van der Waals surface area contributed by atoms with Crippen molar-refractivity contribution in [3.05, 3.63) is 0 Å². The molecule has 0 rings (SSSR count). The zero-order valence-corrected chi connectivity index (χ0v) is 11.9. The highest BCUT2D eigenvalue weighted by Gasteiger charge is 2.04. The molecule has 1 unspecified atom stereocenters. The summed E-state index contributed by atoms with van der Waals surface area (Å²) in [7, 11) is 3.79. The molecule has 0 aliphatic heterocycles. The maximum Gasteiger partial charge on any atom is 0.166 e. The van der Waals surface area contributed by atoms with E-state index in [9.17, 15) is 0 Å². The molecule has 2 N–H and O–H groups in total. The van der Waals surface area contributed by atoms with Crippen molar-refractivity contribution in [3.8, 4) is 0 Å². The number of hydrogen-bond donors (Lipinski definition) is 2. The molecule has 0 bridgehead atoms. The Balaban J connectivity index is 3.58. The van der Waals surface area contributed by atoms with Crippen molar-refractivity contribution in [2.75, 3.05) is 33.9 Å². The van der Waals surface area contributed by atoms with Crippen LogP contribution in [-0.2, 0) is 4.74 Å². The first-order chi connectivity index (χ1) is 7.47. The Hall–Kier alpha value is -0.390. The van der Waals surface area contributed by atoms with Gasteiger partial charge in [-0.2, -0.15) is 0 Å². The molecule has 0 aliphatic carbocycles. The van der Waals surface area contributed by atoms with Gasteiger partial charge < -0.3 is 20.3 Å². The van der Waals surface area contributed by atoms with E-state index in [1.165, 1.54) is 0 Å². The Morgan fingerprint density at radius 1 is 1.38 bits per heavy atom. The van der Waals surface area contributed by atoms with Crippen LogP contribution in [0.25, 0.3) is 0 Å². The molecule has 0 spiro atoms. The molecular formula is C11H25N3OS. The minimum atomic E-state index is 0.243. The van der Waals surface area contributed by atoms with Crippen LogP contribution in [0, 0.1) is 0 Å². The molecular weight excluding hydrogens is 222 g/mol. The third-order valence-corrected chi connectivity index (χ3v) is 2.69. The molecule has 16 heavy (non-hydrogen) atoms. The fourth-order valence-corrected chi connectivity index (χ4v) is 1.47. The van der Waals surface area contributed by atoms with E-state index in [0.717, 1.165) is 13.1 Å². The molecule has 0 saturated carbocycles. The number of ether oxygens (including phenoxy) is 1. The Bertz CT molecular complexity index is 200. The zero-order valence-electron chi connectivity index (χ0n) is 11.0. The van der Waals surface area contributed by atoms with Crippen LogP contribution in [-0.4, -0.2) is 55.9 Å². The third kappa shape index (κ3) is 7.84. The van der Waals surface area contributed by atoms with Crippen LogP contribution in [0.15, 0.2) is 0 Å². The van der Waals surface area contributed by atoms with Gasteiger partial charge in [0.25, 0.3) is 0 Å². The van der Waals surface area contributed by atoms with Crippen molar-refractivity contribution in [2.45, 2.75) is 32.9 Å². The Morgan fingerprint density at radius 3 is 2.50 bits per heavy atom. The quantitative estimate of drug-likeness (QED) is 0.652. The first kappa shape index (κ1) is 15.6. The second-order valence-electron chi connectivity index (χ2n) is 4.33. The number of methoxy groups -OCH3 is 1. The van der Waals surface area contributed by atoms with Gasteiger partial charge in [-0.25, -0.2) is 0 Å². The smallest absolute Gasteiger partial charge is 0.166 e. The molecule has 0 radical (unpaired) electrons. The second-order valence-corrected chi connectivity index (χ2v) is 4.74. The molecule has 5 heteroatoms. The summed E-state index contributed by atoms with van der Waals surface area (Å²) in [4.78, 5) is 2.27. The van der Waals surface area contributed by atoms with Crippen LogP contribution < -0.4 is 10.6 Å². The molecule has 4 nitrogen and oxygen atoms in total. The molecule has 0 aliphatic rings. The summed E-state index contributed by atoms with van der Waals surface area (Å²) in [5.41, 5.74) is 0.